The fourth-order valence-electron chi connectivity index (χ4n) is 4.98. The van der Waals surface area contributed by atoms with Crippen molar-refractivity contribution < 1.29 is 29.0 Å². The zero-order chi connectivity index (χ0) is 32.6. The summed E-state index contributed by atoms with van der Waals surface area (Å²) in [4.78, 5) is 41.1. The van der Waals surface area contributed by atoms with Gasteiger partial charge in [-0.05, 0) is 59.2 Å². The maximum atomic E-state index is 13.3. The van der Waals surface area contributed by atoms with Crippen molar-refractivity contribution in [3.63, 3.8) is 0 Å². The SMILES string of the molecule is O=C(O)Cc1cccc(NC(=O)CCN2C(=O)/C(=C/c3ccc(OCCN4CCOCC4)c(-c4ccc(Cl)c(Cl)c4)c3)SC2=S)c1. The van der Waals surface area contributed by atoms with Crippen molar-refractivity contribution in [2.45, 2.75) is 12.8 Å². The van der Waals surface area contributed by atoms with Crippen molar-refractivity contribution in [3.05, 3.63) is 86.7 Å². The lowest BCUT2D eigenvalue weighted by atomic mass is 10.0. The highest BCUT2D eigenvalue weighted by Gasteiger charge is 2.32. The molecule has 0 aliphatic carbocycles. The lowest BCUT2D eigenvalue weighted by Gasteiger charge is -2.26. The molecule has 2 fully saturated rings. The zero-order valence-electron chi connectivity index (χ0n) is 24.7. The average Bonchev–Trinajstić information content (AvgIpc) is 3.29. The van der Waals surface area contributed by atoms with Crippen molar-refractivity contribution in [2.75, 3.05) is 51.3 Å². The summed E-state index contributed by atoms with van der Waals surface area (Å²) in [5, 5.41) is 12.6. The van der Waals surface area contributed by atoms with Crippen LogP contribution in [0.25, 0.3) is 17.2 Å². The molecule has 9 nitrogen and oxygen atoms in total. The first-order chi connectivity index (χ1) is 22.2. The summed E-state index contributed by atoms with van der Waals surface area (Å²) in [6.45, 7) is 4.53. The van der Waals surface area contributed by atoms with Crippen LogP contribution >= 0.6 is 47.2 Å². The molecule has 0 unspecified atom stereocenters. The molecule has 46 heavy (non-hydrogen) atoms. The molecule has 2 saturated heterocycles. The molecular weight excluding hydrogens is 669 g/mol. The summed E-state index contributed by atoms with van der Waals surface area (Å²) in [5.74, 6) is -0.884. The van der Waals surface area contributed by atoms with E-state index in [4.69, 9.17) is 50.0 Å². The third-order valence-corrected chi connectivity index (χ3v) is 9.42. The number of amides is 2. The number of nitrogens with zero attached hydrogens (tertiary/aromatic N) is 2. The van der Waals surface area contributed by atoms with Crippen molar-refractivity contribution in [1.82, 2.24) is 9.80 Å². The van der Waals surface area contributed by atoms with E-state index in [1.54, 1.807) is 42.5 Å². The first kappa shape index (κ1) is 33.9. The number of halogens is 2. The second kappa shape index (κ2) is 15.9. The Balaban J connectivity index is 1.27. The third-order valence-electron chi connectivity index (χ3n) is 7.30. The van der Waals surface area contributed by atoms with Crippen LogP contribution < -0.4 is 10.1 Å². The Hall–Kier alpha value is -3.45. The maximum Gasteiger partial charge on any atom is 0.307 e. The number of carbonyl (C=O) groups is 3. The van der Waals surface area contributed by atoms with Gasteiger partial charge in [0.2, 0.25) is 5.91 Å². The van der Waals surface area contributed by atoms with E-state index < -0.39 is 5.97 Å². The highest BCUT2D eigenvalue weighted by atomic mass is 35.5. The fraction of sp³-hybridized carbons (Fsp3) is 0.273. The lowest BCUT2D eigenvalue weighted by Crippen LogP contribution is -2.38. The number of hydrogen-bond donors (Lipinski definition) is 2. The predicted octanol–water partition coefficient (Wildman–Crippen LogP) is 6.23. The van der Waals surface area contributed by atoms with E-state index in [0.29, 0.717) is 56.1 Å². The van der Waals surface area contributed by atoms with Crippen LogP contribution in [0.2, 0.25) is 10.0 Å². The summed E-state index contributed by atoms with van der Waals surface area (Å²) in [7, 11) is 0. The molecule has 5 rings (SSSR count). The Morgan fingerprint density at radius 1 is 1.04 bits per heavy atom. The predicted molar refractivity (Wildman–Crippen MR) is 186 cm³/mol. The number of carboxylic acid groups (broad SMARTS) is 1. The van der Waals surface area contributed by atoms with Crippen LogP contribution in [0, 0.1) is 0 Å². The summed E-state index contributed by atoms with van der Waals surface area (Å²) in [5.41, 5.74) is 3.44. The van der Waals surface area contributed by atoms with Crippen LogP contribution in [0.3, 0.4) is 0 Å². The maximum absolute atomic E-state index is 13.3. The molecule has 3 aromatic rings. The Morgan fingerprint density at radius 2 is 1.85 bits per heavy atom. The number of anilines is 1. The number of aliphatic carboxylic acids is 1. The quantitative estimate of drug-likeness (QED) is 0.168. The molecule has 0 spiro atoms. The van der Waals surface area contributed by atoms with Gasteiger partial charge in [0, 0.05) is 43.9 Å². The molecule has 2 aliphatic rings. The van der Waals surface area contributed by atoms with E-state index in [1.165, 1.54) is 16.7 Å². The highest BCUT2D eigenvalue weighted by Crippen LogP contribution is 2.37. The van der Waals surface area contributed by atoms with Crippen molar-refractivity contribution in [1.29, 1.82) is 0 Å². The van der Waals surface area contributed by atoms with Crippen LogP contribution in [0.1, 0.15) is 17.5 Å². The number of morpholine rings is 1. The van der Waals surface area contributed by atoms with Crippen molar-refractivity contribution >= 4 is 81.0 Å². The van der Waals surface area contributed by atoms with Crippen LogP contribution in [-0.4, -0.2) is 83.0 Å². The van der Waals surface area contributed by atoms with E-state index in [9.17, 15) is 14.4 Å². The zero-order valence-corrected chi connectivity index (χ0v) is 27.8. The standard InChI is InChI=1S/C33H31Cl2N3O6S2/c34-26-6-5-23(20-27(26)35)25-17-22(4-7-28(25)44-15-12-37-10-13-43-14-11-37)18-29-32(42)38(33(45)46-29)9-8-30(39)36-24-3-1-2-21(16-24)19-31(40)41/h1-7,16-18,20H,8-15,19H2,(H,36,39)(H,40,41)/b29-18-. The summed E-state index contributed by atoms with van der Waals surface area (Å²) >= 11 is 19.2. The minimum absolute atomic E-state index is 0.0147. The van der Waals surface area contributed by atoms with Crippen molar-refractivity contribution in [2.24, 2.45) is 0 Å². The molecule has 0 bridgehead atoms. The Morgan fingerprint density at radius 3 is 2.61 bits per heavy atom. The minimum Gasteiger partial charge on any atom is -0.492 e. The second-order valence-corrected chi connectivity index (χ2v) is 13.1. The Bertz CT molecular complexity index is 1680. The van der Waals surface area contributed by atoms with Gasteiger partial charge in [-0.15, -0.1) is 0 Å². The van der Waals surface area contributed by atoms with E-state index in [2.05, 4.69) is 10.2 Å². The van der Waals surface area contributed by atoms with Gasteiger partial charge in [0.15, 0.2) is 0 Å². The normalized spacial score (nSPS) is 16.2. The van der Waals surface area contributed by atoms with Crippen LogP contribution in [0.5, 0.6) is 5.75 Å². The number of nitrogens with one attached hydrogen (secondary N) is 1. The molecule has 2 amide bonds. The number of carboxylic acids is 1. The van der Waals surface area contributed by atoms with Crippen LogP contribution in [0.15, 0.2) is 65.6 Å². The van der Waals surface area contributed by atoms with Gasteiger partial charge in [-0.2, -0.15) is 0 Å². The molecule has 0 aromatic heterocycles. The monoisotopic (exact) mass is 699 g/mol. The molecule has 13 heteroatoms. The second-order valence-electron chi connectivity index (χ2n) is 10.6. The number of thiocarbonyl (C=S) groups is 1. The number of ether oxygens (including phenoxy) is 2. The van der Waals surface area contributed by atoms with Gasteiger partial charge in [-0.1, -0.05) is 71.4 Å². The number of rotatable bonds is 12. The first-order valence-corrected chi connectivity index (χ1v) is 16.5. The van der Waals surface area contributed by atoms with Gasteiger partial charge >= 0.3 is 5.97 Å². The summed E-state index contributed by atoms with van der Waals surface area (Å²) in [6, 6.07) is 17.7. The molecule has 2 heterocycles. The van der Waals surface area contributed by atoms with E-state index in [0.717, 1.165) is 36.3 Å². The molecule has 3 aromatic carbocycles. The molecular formula is C33H31Cl2N3O6S2. The third kappa shape index (κ3) is 9.09. The molecule has 0 saturated carbocycles. The highest BCUT2D eigenvalue weighted by molar-refractivity contribution is 8.26. The number of hydrogen-bond acceptors (Lipinski definition) is 8. The average molecular weight is 701 g/mol. The summed E-state index contributed by atoms with van der Waals surface area (Å²) in [6.07, 6.45) is 1.64. The molecule has 0 atom stereocenters. The molecule has 0 radical (unpaired) electrons. The Labute approximate surface area is 286 Å². The molecule has 240 valence electrons. The van der Waals surface area contributed by atoms with Gasteiger partial charge in [-0.25, -0.2) is 0 Å². The summed E-state index contributed by atoms with van der Waals surface area (Å²) < 4.78 is 12.0. The lowest BCUT2D eigenvalue weighted by molar-refractivity contribution is -0.136. The minimum atomic E-state index is -0.958. The van der Waals surface area contributed by atoms with Gasteiger partial charge in [-0.3, -0.25) is 24.2 Å². The number of thioether (sulfide) groups is 1. The molecule has 2 aliphatic heterocycles. The molecule has 2 N–H and O–H groups in total. The van der Waals surface area contributed by atoms with Crippen LogP contribution in [0.4, 0.5) is 5.69 Å². The van der Waals surface area contributed by atoms with Gasteiger partial charge in [0.05, 0.1) is 34.6 Å². The van der Waals surface area contributed by atoms with E-state index >= 15 is 0 Å². The number of carbonyl (C=O) groups excluding carboxylic acids is 2. The first-order valence-electron chi connectivity index (χ1n) is 14.5. The topological polar surface area (TPSA) is 108 Å². The van der Waals surface area contributed by atoms with Crippen LogP contribution in [-0.2, 0) is 25.5 Å². The fourth-order valence-corrected chi connectivity index (χ4v) is 6.58. The smallest absolute Gasteiger partial charge is 0.307 e. The number of benzene rings is 3. The van der Waals surface area contributed by atoms with Gasteiger partial charge in [0.1, 0.15) is 16.7 Å². The van der Waals surface area contributed by atoms with E-state index in [1.807, 2.05) is 24.3 Å². The van der Waals surface area contributed by atoms with E-state index in [-0.39, 0.29) is 31.2 Å². The van der Waals surface area contributed by atoms with Gasteiger partial charge < -0.3 is 19.9 Å². The Kier molecular flexibility index (Phi) is 11.7. The largest absolute Gasteiger partial charge is 0.492 e. The van der Waals surface area contributed by atoms with Crippen molar-refractivity contribution in [3.8, 4) is 16.9 Å². The van der Waals surface area contributed by atoms with Gasteiger partial charge in [0.25, 0.3) is 5.91 Å².